The highest BCUT2D eigenvalue weighted by Crippen LogP contribution is 2.14. The van der Waals surface area contributed by atoms with Crippen LogP contribution in [0.15, 0.2) is 18.2 Å². The second-order valence-corrected chi connectivity index (χ2v) is 3.54. The Morgan fingerprint density at radius 1 is 1.29 bits per heavy atom. The molecule has 0 atom stereocenters. The molecule has 0 radical (unpaired) electrons. The fourth-order valence-corrected chi connectivity index (χ4v) is 1.61. The van der Waals surface area contributed by atoms with Gasteiger partial charge in [0.1, 0.15) is 0 Å². The van der Waals surface area contributed by atoms with Gasteiger partial charge in [0.05, 0.1) is 0 Å². The van der Waals surface area contributed by atoms with Crippen LogP contribution in [0.5, 0.6) is 0 Å². The van der Waals surface area contributed by atoms with Crippen molar-refractivity contribution in [3.8, 4) is 0 Å². The van der Waals surface area contributed by atoms with E-state index >= 15 is 0 Å². The summed E-state index contributed by atoms with van der Waals surface area (Å²) in [5, 5.41) is 2.64. The van der Waals surface area contributed by atoms with Crippen LogP contribution in [0.2, 0.25) is 0 Å². The van der Waals surface area contributed by atoms with E-state index in [9.17, 15) is 4.79 Å². The molecular formula is C12H17NO. The minimum atomic E-state index is 0.104. The molecule has 0 bridgehead atoms. The van der Waals surface area contributed by atoms with Gasteiger partial charge in [0.15, 0.2) is 0 Å². The summed E-state index contributed by atoms with van der Waals surface area (Å²) in [6, 6.07) is 6.23. The number of carbonyl (C=O) groups is 1. The van der Waals surface area contributed by atoms with Crippen LogP contribution in [0.25, 0.3) is 0 Å². The Hall–Kier alpha value is -1.31. The summed E-state index contributed by atoms with van der Waals surface area (Å²) in [7, 11) is 1.67. The molecule has 0 saturated heterocycles. The molecule has 0 unspecified atom stereocenters. The van der Waals surface area contributed by atoms with Gasteiger partial charge in [0.25, 0.3) is 0 Å². The van der Waals surface area contributed by atoms with Crippen molar-refractivity contribution < 1.29 is 4.79 Å². The van der Waals surface area contributed by atoms with Crippen molar-refractivity contribution in [3.05, 3.63) is 34.9 Å². The lowest BCUT2D eigenvalue weighted by Gasteiger charge is -2.08. The number of rotatable bonds is 3. The standard InChI is InChI=1S/C12H17NO/c1-9-5-4-6-10(2)11(9)7-8-12(14)13-3/h4-6H,7-8H2,1-3H3,(H,13,14). The molecule has 14 heavy (non-hydrogen) atoms. The highest BCUT2D eigenvalue weighted by atomic mass is 16.1. The third kappa shape index (κ3) is 2.59. The number of amides is 1. The van der Waals surface area contributed by atoms with Crippen molar-refractivity contribution in [2.75, 3.05) is 7.05 Å². The fraction of sp³-hybridized carbons (Fsp3) is 0.417. The molecule has 76 valence electrons. The normalized spacial score (nSPS) is 9.93. The maximum absolute atomic E-state index is 11.1. The van der Waals surface area contributed by atoms with E-state index in [1.165, 1.54) is 16.7 Å². The molecule has 0 spiro atoms. The Labute approximate surface area is 85.3 Å². The van der Waals surface area contributed by atoms with Crippen LogP contribution in [-0.2, 0) is 11.2 Å². The number of carbonyl (C=O) groups excluding carboxylic acids is 1. The summed E-state index contributed by atoms with van der Waals surface area (Å²) < 4.78 is 0. The molecular weight excluding hydrogens is 174 g/mol. The van der Waals surface area contributed by atoms with E-state index < -0.39 is 0 Å². The first-order chi connectivity index (χ1) is 6.65. The lowest BCUT2D eigenvalue weighted by atomic mass is 9.98. The zero-order valence-corrected chi connectivity index (χ0v) is 9.05. The third-order valence-corrected chi connectivity index (χ3v) is 2.53. The fourth-order valence-electron chi connectivity index (χ4n) is 1.61. The van der Waals surface area contributed by atoms with E-state index in [2.05, 4.69) is 31.3 Å². The smallest absolute Gasteiger partial charge is 0.220 e. The van der Waals surface area contributed by atoms with Crippen LogP contribution >= 0.6 is 0 Å². The van der Waals surface area contributed by atoms with Gasteiger partial charge in [0.2, 0.25) is 5.91 Å². The van der Waals surface area contributed by atoms with E-state index in [4.69, 9.17) is 0 Å². The topological polar surface area (TPSA) is 29.1 Å². The van der Waals surface area contributed by atoms with Gasteiger partial charge < -0.3 is 5.32 Å². The Morgan fingerprint density at radius 3 is 2.36 bits per heavy atom. The van der Waals surface area contributed by atoms with Crippen LogP contribution in [0.3, 0.4) is 0 Å². The zero-order chi connectivity index (χ0) is 10.6. The minimum Gasteiger partial charge on any atom is -0.359 e. The summed E-state index contributed by atoms with van der Waals surface area (Å²) in [4.78, 5) is 11.1. The Bertz CT molecular complexity index is 311. The lowest BCUT2D eigenvalue weighted by Crippen LogP contribution is -2.18. The van der Waals surface area contributed by atoms with Crippen molar-refractivity contribution in [3.63, 3.8) is 0 Å². The number of aryl methyl sites for hydroxylation is 2. The highest BCUT2D eigenvalue weighted by molar-refractivity contribution is 5.75. The Morgan fingerprint density at radius 2 is 1.86 bits per heavy atom. The molecule has 2 nitrogen and oxygen atoms in total. The molecule has 1 aromatic carbocycles. The zero-order valence-electron chi connectivity index (χ0n) is 9.05. The van der Waals surface area contributed by atoms with Crippen molar-refractivity contribution >= 4 is 5.91 Å². The van der Waals surface area contributed by atoms with Crippen LogP contribution in [0.4, 0.5) is 0 Å². The maximum atomic E-state index is 11.1. The number of hydrogen-bond acceptors (Lipinski definition) is 1. The van der Waals surface area contributed by atoms with E-state index in [1.807, 2.05) is 6.07 Å². The van der Waals surface area contributed by atoms with Crippen molar-refractivity contribution in [1.29, 1.82) is 0 Å². The Kier molecular flexibility index (Phi) is 3.69. The van der Waals surface area contributed by atoms with Crippen LogP contribution < -0.4 is 5.32 Å². The molecule has 1 aromatic rings. The average Bonchev–Trinajstić information content (AvgIpc) is 2.16. The summed E-state index contributed by atoms with van der Waals surface area (Å²) in [6.07, 6.45) is 1.40. The first-order valence-electron chi connectivity index (χ1n) is 4.91. The van der Waals surface area contributed by atoms with E-state index in [1.54, 1.807) is 7.05 Å². The Balaban J connectivity index is 2.71. The molecule has 0 aliphatic heterocycles. The molecule has 0 fully saturated rings. The minimum absolute atomic E-state index is 0.104. The third-order valence-electron chi connectivity index (χ3n) is 2.53. The summed E-state index contributed by atoms with van der Waals surface area (Å²) >= 11 is 0. The van der Waals surface area contributed by atoms with E-state index in [0.717, 1.165) is 6.42 Å². The monoisotopic (exact) mass is 191 g/mol. The molecule has 0 aliphatic rings. The van der Waals surface area contributed by atoms with Gasteiger partial charge in [-0.1, -0.05) is 18.2 Å². The van der Waals surface area contributed by atoms with Crippen molar-refractivity contribution in [2.45, 2.75) is 26.7 Å². The lowest BCUT2D eigenvalue weighted by molar-refractivity contribution is -0.120. The van der Waals surface area contributed by atoms with Gasteiger partial charge in [0, 0.05) is 13.5 Å². The largest absolute Gasteiger partial charge is 0.359 e. The van der Waals surface area contributed by atoms with Gasteiger partial charge in [-0.15, -0.1) is 0 Å². The first kappa shape index (κ1) is 10.8. The molecule has 0 heterocycles. The van der Waals surface area contributed by atoms with Crippen LogP contribution in [0, 0.1) is 13.8 Å². The molecule has 1 N–H and O–H groups in total. The molecule has 1 rings (SSSR count). The maximum Gasteiger partial charge on any atom is 0.220 e. The van der Waals surface area contributed by atoms with Crippen LogP contribution in [0.1, 0.15) is 23.1 Å². The van der Waals surface area contributed by atoms with E-state index in [0.29, 0.717) is 6.42 Å². The molecule has 0 aromatic heterocycles. The summed E-state index contributed by atoms with van der Waals surface area (Å²) in [5.74, 6) is 0.104. The van der Waals surface area contributed by atoms with Crippen molar-refractivity contribution in [1.82, 2.24) is 5.32 Å². The highest BCUT2D eigenvalue weighted by Gasteiger charge is 2.04. The van der Waals surface area contributed by atoms with Gasteiger partial charge in [-0.3, -0.25) is 4.79 Å². The average molecular weight is 191 g/mol. The SMILES string of the molecule is CNC(=O)CCc1c(C)cccc1C. The quantitative estimate of drug-likeness (QED) is 0.777. The molecule has 2 heteroatoms. The number of nitrogens with one attached hydrogen (secondary N) is 1. The van der Waals surface area contributed by atoms with Gasteiger partial charge in [-0.2, -0.15) is 0 Å². The van der Waals surface area contributed by atoms with Gasteiger partial charge in [-0.25, -0.2) is 0 Å². The van der Waals surface area contributed by atoms with Gasteiger partial charge >= 0.3 is 0 Å². The second kappa shape index (κ2) is 4.80. The van der Waals surface area contributed by atoms with Crippen molar-refractivity contribution in [2.24, 2.45) is 0 Å². The summed E-state index contributed by atoms with van der Waals surface area (Å²) in [5.41, 5.74) is 3.85. The number of benzene rings is 1. The molecule has 1 amide bonds. The molecule has 0 saturated carbocycles. The van der Waals surface area contributed by atoms with Gasteiger partial charge in [-0.05, 0) is 37.0 Å². The predicted molar refractivity (Wildman–Crippen MR) is 58.3 cm³/mol. The van der Waals surface area contributed by atoms with Crippen LogP contribution in [-0.4, -0.2) is 13.0 Å². The van der Waals surface area contributed by atoms with E-state index in [-0.39, 0.29) is 5.91 Å². The molecule has 0 aliphatic carbocycles. The first-order valence-corrected chi connectivity index (χ1v) is 4.91. The second-order valence-electron chi connectivity index (χ2n) is 3.54. The number of hydrogen-bond donors (Lipinski definition) is 1. The predicted octanol–water partition coefficient (Wildman–Crippen LogP) is 1.98. The summed E-state index contributed by atoms with van der Waals surface area (Å²) in [6.45, 7) is 4.18.